The van der Waals surface area contributed by atoms with Crippen LogP contribution >= 0.6 is 0 Å². The van der Waals surface area contributed by atoms with Crippen LogP contribution in [0.5, 0.6) is 0 Å². The number of hydrogen-bond donors (Lipinski definition) is 1. The van der Waals surface area contributed by atoms with Gasteiger partial charge in [0.05, 0.1) is 0 Å². The van der Waals surface area contributed by atoms with Crippen molar-refractivity contribution < 1.29 is 0 Å². The van der Waals surface area contributed by atoms with Gasteiger partial charge in [0.25, 0.3) is 0 Å². The molecule has 3 N–H and O–H groups in total. The van der Waals surface area contributed by atoms with Crippen LogP contribution in [0.15, 0.2) is 30.3 Å². The molecular formula is C9H13N2. The van der Waals surface area contributed by atoms with Crippen molar-refractivity contribution in [2.75, 3.05) is 6.54 Å². The fourth-order valence-electron chi connectivity index (χ4n) is 0.989. The van der Waals surface area contributed by atoms with Gasteiger partial charge in [0.15, 0.2) is 0 Å². The van der Waals surface area contributed by atoms with Crippen LogP contribution in [0.2, 0.25) is 0 Å². The fraction of sp³-hybridized carbons (Fsp3) is 0.333. The predicted octanol–water partition coefficient (Wildman–Crippen LogP) is 0.839. The van der Waals surface area contributed by atoms with E-state index in [1.807, 2.05) is 30.3 Å². The molecule has 0 bridgehead atoms. The Bertz CT molecular complexity index is 196. The molecule has 59 valence electrons. The molecule has 0 aliphatic heterocycles. The Morgan fingerprint density at radius 3 is 2.45 bits per heavy atom. The summed E-state index contributed by atoms with van der Waals surface area (Å²) in [4.78, 5) is 0. The van der Waals surface area contributed by atoms with Gasteiger partial charge in [-0.25, -0.2) is 0 Å². The van der Waals surface area contributed by atoms with Crippen LogP contribution in [0, 0.1) is 0 Å². The molecule has 2 nitrogen and oxygen atoms in total. The molecule has 1 aromatic rings. The Kier molecular flexibility index (Phi) is 3.08. The Hall–Kier alpha value is -0.860. The van der Waals surface area contributed by atoms with Crippen molar-refractivity contribution in [3.05, 3.63) is 35.9 Å². The molecule has 2 heteroatoms. The van der Waals surface area contributed by atoms with Gasteiger partial charge >= 0.3 is 0 Å². The lowest BCUT2D eigenvalue weighted by atomic mass is 10.1. The van der Waals surface area contributed by atoms with E-state index < -0.39 is 0 Å². The second kappa shape index (κ2) is 4.11. The van der Waals surface area contributed by atoms with Crippen LogP contribution in [0.25, 0.3) is 0 Å². The zero-order valence-electron chi connectivity index (χ0n) is 6.46. The van der Waals surface area contributed by atoms with Crippen LogP contribution < -0.4 is 11.5 Å². The van der Waals surface area contributed by atoms with Gasteiger partial charge < -0.3 is 5.73 Å². The Morgan fingerprint density at radius 2 is 1.91 bits per heavy atom. The van der Waals surface area contributed by atoms with Gasteiger partial charge in [0.1, 0.15) is 0 Å². The van der Waals surface area contributed by atoms with Crippen molar-refractivity contribution in [2.45, 2.75) is 12.5 Å². The van der Waals surface area contributed by atoms with Crippen molar-refractivity contribution in [2.24, 2.45) is 5.73 Å². The second-order valence-corrected chi connectivity index (χ2v) is 2.65. The number of nitrogens with two attached hydrogens (primary N) is 1. The second-order valence-electron chi connectivity index (χ2n) is 2.65. The summed E-state index contributed by atoms with van der Waals surface area (Å²) in [7, 11) is 0. The van der Waals surface area contributed by atoms with Crippen molar-refractivity contribution in [3.8, 4) is 0 Å². The highest BCUT2D eigenvalue weighted by atomic mass is 14.7. The summed E-state index contributed by atoms with van der Waals surface area (Å²) in [6.07, 6.45) is 0.810. The standard InChI is InChI=1S/C9H13N2/c10-7-9(11)6-8-4-2-1-3-5-8/h1-5,9-10H,6-7,11H2. The summed E-state index contributed by atoms with van der Waals surface area (Å²) in [5.41, 5.74) is 13.9. The molecule has 0 spiro atoms. The highest BCUT2D eigenvalue weighted by molar-refractivity contribution is 5.15. The van der Waals surface area contributed by atoms with E-state index in [1.54, 1.807) is 0 Å². The van der Waals surface area contributed by atoms with Gasteiger partial charge in [0, 0.05) is 12.6 Å². The van der Waals surface area contributed by atoms with Gasteiger partial charge in [-0.1, -0.05) is 30.3 Å². The topological polar surface area (TPSA) is 49.8 Å². The summed E-state index contributed by atoms with van der Waals surface area (Å²) in [5.74, 6) is 0. The van der Waals surface area contributed by atoms with E-state index in [0.29, 0.717) is 6.54 Å². The fourth-order valence-corrected chi connectivity index (χ4v) is 0.989. The lowest BCUT2D eigenvalue weighted by molar-refractivity contribution is 0.669. The van der Waals surface area contributed by atoms with Gasteiger partial charge in [0.2, 0.25) is 0 Å². The largest absolute Gasteiger partial charge is 0.326 e. The first-order chi connectivity index (χ1) is 5.33. The Balaban J connectivity index is 2.51. The monoisotopic (exact) mass is 149 g/mol. The first-order valence-electron chi connectivity index (χ1n) is 3.77. The van der Waals surface area contributed by atoms with Crippen LogP contribution in [0.3, 0.4) is 0 Å². The smallest absolute Gasteiger partial charge is 0.0255 e. The Labute approximate surface area is 67.2 Å². The predicted molar refractivity (Wildman–Crippen MR) is 46.1 cm³/mol. The molecule has 0 aliphatic carbocycles. The molecule has 0 aliphatic rings. The number of rotatable bonds is 3. The maximum atomic E-state index is 7.03. The van der Waals surface area contributed by atoms with E-state index in [-0.39, 0.29) is 6.04 Å². The molecule has 11 heavy (non-hydrogen) atoms. The van der Waals surface area contributed by atoms with Crippen LogP contribution in [-0.2, 0) is 6.42 Å². The average Bonchev–Trinajstić information content (AvgIpc) is 2.06. The van der Waals surface area contributed by atoms with Crippen LogP contribution in [-0.4, -0.2) is 12.6 Å². The molecule has 0 heterocycles. The highest BCUT2D eigenvalue weighted by Gasteiger charge is 1.99. The summed E-state index contributed by atoms with van der Waals surface area (Å²) in [6.45, 7) is 0.300. The van der Waals surface area contributed by atoms with Crippen molar-refractivity contribution in [1.82, 2.24) is 5.73 Å². The number of benzene rings is 1. The van der Waals surface area contributed by atoms with E-state index in [0.717, 1.165) is 6.42 Å². The minimum Gasteiger partial charge on any atom is -0.326 e. The maximum absolute atomic E-state index is 7.03. The average molecular weight is 149 g/mol. The molecule has 0 saturated heterocycles. The molecule has 1 atom stereocenters. The van der Waals surface area contributed by atoms with E-state index >= 15 is 0 Å². The minimum atomic E-state index is -0.0163. The third-order valence-electron chi connectivity index (χ3n) is 1.60. The van der Waals surface area contributed by atoms with E-state index in [9.17, 15) is 0 Å². The molecule has 0 saturated carbocycles. The third-order valence-corrected chi connectivity index (χ3v) is 1.60. The first-order valence-corrected chi connectivity index (χ1v) is 3.77. The van der Waals surface area contributed by atoms with Gasteiger partial charge in [-0.15, -0.1) is 0 Å². The quantitative estimate of drug-likeness (QED) is 0.680. The maximum Gasteiger partial charge on any atom is 0.0255 e. The summed E-state index contributed by atoms with van der Waals surface area (Å²) < 4.78 is 0. The lowest BCUT2D eigenvalue weighted by Gasteiger charge is -2.06. The first kappa shape index (κ1) is 8.24. The zero-order valence-corrected chi connectivity index (χ0v) is 6.46. The molecule has 0 aromatic heterocycles. The summed E-state index contributed by atoms with van der Waals surface area (Å²) in [6, 6.07) is 10.0. The number of nitrogens with one attached hydrogen (secondary N) is 1. The Morgan fingerprint density at radius 1 is 1.27 bits per heavy atom. The van der Waals surface area contributed by atoms with Crippen LogP contribution in [0.4, 0.5) is 0 Å². The SMILES string of the molecule is [NH]CC(N)Cc1ccccc1. The molecule has 1 radical (unpaired) electrons. The van der Waals surface area contributed by atoms with Crippen LogP contribution in [0.1, 0.15) is 5.56 Å². The summed E-state index contributed by atoms with van der Waals surface area (Å²) in [5, 5.41) is 0. The minimum absolute atomic E-state index is 0.0163. The molecule has 0 amide bonds. The molecular weight excluding hydrogens is 136 g/mol. The summed E-state index contributed by atoms with van der Waals surface area (Å²) >= 11 is 0. The van der Waals surface area contributed by atoms with Crippen molar-refractivity contribution in [1.29, 1.82) is 0 Å². The van der Waals surface area contributed by atoms with Crippen molar-refractivity contribution >= 4 is 0 Å². The van der Waals surface area contributed by atoms with E-state index in [1.165, 1.54) is 5.56 Å². The van der Waals surface area contributed by atoms with Gasteiger partial charge in [-0.3, -0.25) is 5.73 Å². The third kappa shape index (κ3) is 2.70. The highest BCUT2D eigenvalue weighted by Crippen LogP contribution is 2.00. The molecule has 1 aromatic carbocycles. The normalized spacial score (nSPS) is 12.9. The molecule has 1 rings (SSSR count). The molecule has 1 unspecified atom stereocenters. The lowest BCUT2D eigenvalue weighted by Crippen LogP contribution is -2.27. The zero-order chi connectivity index (χ0) is 8.10. The van der Waals surface area contributed by atoms with E-state index in [2.05, 4.69) is 0 Å². The van der Waals surface area contributed by atoms with E-state index in [4.69, 9.17) is 11.5 Å². The number of hydrogen-bond acceptors (Lipinski definition) is 1. The van der Waals surface area contributed by atoms with Gasteiger partial charge in [-0.2, -0.15) is 0 Å². The van der Waals surface area contributed by atoms with Crippen molar-refractivity contribution in [3.63, 3.8) is 0 Å². The van der Waals surface area contributed by atoms with Gasteiger partial charge in [-0.05, 0) is 12.0 Å². The molecule has 0 fully saturated rings.